The number of nitrogens with two attached hydrogens (primary N) is 1. The normalized spacial score (nSPS) is 12.7. The summed E-state index contributed by atoms with van der Waals surface area (Å²) in [5.41, 5.74) is 5.36. The van der Waals surface area contributed by atoms with Crippen molar-refractivity contribution in [2.75, 3.05) is 0 Å². The fourth-order valence-corrected chi connectivity index (χ4v) is 1.45. The van der Waals surface area contributed by atoms with Crippen molar-refractivity contribution in [2.45, 2.75) is 26.8 Å². The summed E-state index contributed by atoms with van der Waals surface area (Å²) < 4.78 is 13.4. The molecule has 1 atom stereocenters. The summed E-state index contributed by atoms with van der Waals surface area (Å²) >= 11 is 0. The summed E-state index contributed by atoms with van der Waals surface area (Å²) in [6.45, 7) is 5.47. The van der Waals surface area contributed by atoms with Crippen molar-refractivity contribution in [3.05, 3.63) is 29.1 Å². The fourth-order valence-electron chi connectivity index (χ4n) is 1.45. The van der Waals surface area contributed by atoms with Crippen LogP contribution in [0.15, 0.2) is 12.1 Å². The third kappa shape index (κ3) is 3.34. The third-order valence-corrected chi connectivity index (χ3v) is 2.61. The summed E-state index contributed by atoms with van der Waals surface area (Å²) in [5.74, 6) is -2.82. The maximum Gasteiger partial charge on any atom is 0.335 e. The van der Waals surface area contributed by atoms with Crippen molar-refractivity contribution in [2.24, 2.45) is 11.1 Å². The van der Waals surface area contributed by atoms with Gasteiger partial charge < -0.3 is 15.9 Å². The Hall–Kier alpha value is -1.33. The Balaban J connectivity index is 0.00000289. The second-order valence-corrected chi connectivity index (χ2v) is 5.04. The number of benzene rings is 1. The molecule has 0 saturated heterocycles. The lowest BCUT2D eigenvalue weighted by Crippen LogP contribution is -2.26. The molecule has 18 heavy (non-hydrogen) atoms. The highest BCUT2D eigenvalue weighted by Gasteiger charge is 2.27. The van der Waals surface area contributed by atoms with Crippen LogP contribution in [0.4, 0.5) is 4.39 Å². The van der Waals surface area contributed by atoms with Crippen molar-refractivity contribution in [3.63, 3.8) is 0 Å². The van der Waals surface area contributed by atoms with Gasteiger partial charge in [-0.05, 0) is 17.5 Å². The molecule has 1 aromatic carbocycles. The SMILES string of the molecule is CC(C)(C)[C@@H](N)c1cc(C(=O)O)cc(F)c1O.Cl. The molecule has 1 aromatic rings. The van der Waals surface area contributed by atoms with E-state index in [-0.39, 0.29) is 23.5 Å². The lowest BCUT2D eigenvalue weighted by molar-refractivity contribution is 0.0696. The molecule has 6 heteroatoms. The highest BCUT2D eigenvalue weighted by Crippen LogP contribution is 2.36. The number of halogens is 2. The lowest BCUT2D eigenvalue weighted by Gasteiger charge is -2.28. The number of phenolic OH excluding ortho intramolecular Hbond substituents is 1. The predicted molar refractivity (Wildman–Crippen MR) is 68.7 cm³/mol. The molecule has 4 N–H and O–H groups in total. The number of hydrogen-bond donors (Lipinski definition) is 3. The van der Waals surface area contributed by atoms with Gasteiger partial charge in [-0.15, -0.1) is 12.4 Å². The number of hydrogen-bond acceptors (Lipinski definition) is 3. The van der Waals surface area contributed by atoms with Gasteiger partial charge in [-0.3, -0.25) is 0 Å². The van der Waals surface area contributed by atoms with E-state index >= 15 is 0 Å². The van der Waals surface area contributed by atoms with E-state index in [2.05, 4.69) is 0 Å². The number of carbonyl (C=O) groups is 1. The molecule has 0 aromatic heterocycles. The first-order chi connectivity index (χ1) is 7.64. The van der Waals surface area contributed by atoms with Gasteiger partial charge in [-0.2, -0.15) is 0 Å². The molecule has 0 aliphatic heterocycles. The standard InChI is InChI=1S/C12H16FNO3.ClH/c1-12(2,3)10(14)7-4-6(11(16)17)5-8(13)9(7)15;/h4-5,10,15H,14H2,1-3H3,(H,16,17);1H/t10-;/m0./s1. The summed E-state index contributed by atoms with van der Waals surface area (Å²) in [4.78, 5) is 10.8. The average Bonchev–Trinajstić information content (AvgIpc) is 2.19. The van der Waals surface area contributed by atoms with Gasteiger partial charge in [0.1, 0.15) is 0 Å². The zero-order chi connectivity index (χ0) is 13.4. The second kappa shape index (κ2) is 5.54. The molecular weight excluding hydrogens is 261 g/mol. The van der Waals surface area contributed by atoms with Crippen LogP contribution in [0.2, 0.25) is 0 Å². The Bertz CT molecular complexity index is 457. The van der Waals surface area contributed by atoms with Gasteiger partial charge in [0, 0.05) is 11.6 Å². The average molecular weight is 278 g/mol. The molecule has 0 aliphatic carbocycles. The van der Waals surface area contributed by atoms with E-state index in [1.807, 2.05) is 20.8 Å². The quantitative estimate of drug-likeness (QED) is 0.776. The van der Waals surface area contributed by atoms with Crippen molar-refractivity contribution < 1.29 is 19.4 Å². The molecule has 0 heterocycles. The Morgan fingerprint density at radius 2 is 1.89 bits per heavy atom. The van der Waals surface area contributed by atoms with Crippen molar-refractivity contribution in [1.82, 2.24) is 0 Å². The van der Waals surface area contributed by atoms with Crippen LogP contribution in [0.5, 0.6) is 5.75 Å². The number of carboxylic acids is 1. The zero-order valence-electron chi connectivity index (χ0n) is 10.4. The van der Waals surface area contributed by atoms with Crippen molar-refractivity contribution in [1.29, 1.82) is 0 Å². The largest absolute Gasteiger partial charge is 0.505 e. The van der Waals surface area contributed by atoms with E-state index in [0.717, 1.165) is 6.07 Å². The van der Waals surface area contributed by atoms with E-state index < -0.39 is 29.0 Å². The molecule has 4 nitrogen and oxygen atoms in total. The van der Waals surface area contributed by atoms with Crippen LogP contribution < -0.4 is 5.73 Å². The number of aromatic carboxylic acids is 1. The maximum atomic E-state index is 13.4. The molecule has 0 saturated carbocycles. The van der Waals surface area contributed by atoms with Crippen LogP contribution in [-0.4, -0.2) is 16.2 Å². The minimum Gasteiger partial charge on any atom is -0.505 e. The summed E-state index contributed by atoms with van der Waals surface area (Å²) in [6, 6.07) is 1.32. The van der Waals surface area contributed by atoms with Crippen molar-refractivity contribution >= 4 is 18.4 Å². The highest BCUT2D eigenvalue weighted by molar-refractivity contribution is 5.88. The van der Waals surface area contributed by atoms with E-state index in [4.69, 9.17) is 10.8 Å². The third-order valence-electron chi connectivity index (χ3n) is 2.61. The topological polar surface area (TPSA) is 83.6 Å². The molecule has 0 fully saturated rings. The van der Waals surface area contributed by atoms with Gasteiger partial charge in [0.2, 0.25) is 0 Å². The molecule has 0 bridgehead atoms. The number of carboxylic acid groups (broad SMARTS) is 1. The van der Waals surface area contributed by atoms with Gasteiger partial charge in [0.05, 0.1) is 5.56 Å². The molecule has 1 rings (SSSR count). The molecular formula is C12H17ClFNO3. The minimum absolute atomic E-state index is 0. The van der Waals surface area contributed by atoms with Crippen LogP contribution >= 0.6 is 12.4 Å². The van der Waals surface area contributed by atoms with E-state index in [9.17, 15) is 14.3 Å². The fraction of sp³-hybridized carbons (Fsp3) is 0.417. The monoisotopic (exact) mass is 277 g/mol. The minimum atomic E-state index is -1.26. The van der Waals surface area contributed by atoms with E-state index in [1.54, 1.807) is 0 Å². The number of rotatable bonds is 2. The van der Waals surface area contributed by atoms with Crippen LogP contribution in [0.25, 0.3) is 0 Å². The van der Waals surface area contributed by atoms with Crippen LogP contribution in [-0.2, 0) is 0 Å². The predicted octanol–water partition coefficient (Wildman–Crippen LogP) is 2.70. The van der Waals surface area contributed by atoms with Crippen LogP contribution in [0, 0.1) is 11.2 Å². The Labute approximate surface area is 111 Å². The Morgan fingerprint density at radius 1 is 1.39 bits per heavy atom. The summed E-state index contributed by atoms with van der Waals surface area (Å²) in [5, 5.41) is 18.4. The van der Waals surface area contributed by atoms with Gasteiger partial charge in [0.25, 0.3) is 0 Å². The van der Waals surface area contributed by atoms with E-state index in [1.165, 1.54) is 6.07 Å². The first-order valence-electron chi connectivity index (χ1n) is 5.16. The molecule has 102 valence electrons. The lowest BCUT2D eigenvalue weighted by atomic mass is 9.82. The molecule has 0 spiro atoms. The Morgan fingerprint density at radius 3 is 2.28 bits per heavy atom. The van der Waals surface area contributed by atoms with Gasteiger partial charge >= 0.3 is 5.97 Å². The zero-order valence-corrected chi connectivity index (χ0v) is 11.2. The summed E-state index contributed by atoms with van der Waals surface area (Å²) in [7, 11) is 0. The molecule has 0 aliphatic rings. The van der Waals surface area contributed by atoms with Crippen molar-refractivity contribution in [3.8, 4) is 5.75 Å². The molecule has 0 radical (unpaired) electrons. The number of phenols is 1. The van der Waals surface area contributed by atoms with Gasteiger partial charge in [-0.1, -0.05) is 20.8 Å². The maximum absolute atomic E-state index is 13.4. The smallest absolute Gasteiger partial charge is 0.335 e. The summed E-state index contributed by atoms with van der Waals surface area (Å²) in [6.07, 6.45) is 0. The van der Waals surface area contributed by atoms with E-state index in [0.29, 0.717) is 0 Å². The Kier molecular flexibility index (Phi) is 5.13. The second-order valence-electron chi connectivity index (χ2n) is 5.04. The van der Waals surface area contributed by atoms with Crippen LogP contribution in [0.1, 0.15) is 42.7 Å². The molecule has 0 unspecified atom stereocenters. The first kappa shape index (κ1) is 16.7. The number of aromatic hydroxyl groups is 1. The first-order valence-corrected chi connectivity index (χ1v) is 5.16. The molecule has 0 amide bonds. The highest BCUT2D eigenvalue weighted by atomic mass is 35.5. The van der Waals surface area contributed by atoms with Gasteiger partial charge in [0.15, 0.2) is 11.6 Å². The van der Waals surface area contributed by atoms with Crippen LogP contribution in [0.3, 0.4) is 0 Å². The van der Waals surface area contributed by atoms with Gasteiger partial charge in [-0.25, -0.2) is 9.18 Å².